The van der Waals surface area contributed by atoms with E-state index in [0.29, 0.717) is 18.9 Å². The van der Waals surface area contributed by atoms with E-state index >= 15 is 0 Å². The van der Waals surface area contributed by atoms with E-state index in [0.717, 1.165) is 4.47 Å². The van der Waals surface area contributed by atoms with Gasteiger partial charge in [-0.05, 0) is 40.2 Å². The summed E-state index contributed by atoms with van der Waals surface area (Å²) in [7, 11) is 0. The Labute approximate surface area is 101 Å². The molecule has 5 heteroatoms. The lowest BCUT2D eigenvalue weighted by Crippen LogP contribution is -2.08. The third-order valence-corrected chi connectivity index (χ3v) is 2.41. The molecule has 16 heavy (non-hydrogen) atoms. The van der Waals surface area contributed by atoms with Gasteiger partial charge in [0, 0.05) is 6.20 Å². The molecule has 3 nitrogen and oxygen atoms in total. The van der Waals surface area contributed by atoms with Crippen LogP contribution in [0.1, 0.15) is 0 Å². The molecule has 0 saturated heterocycles. The van der Waals surface area contributed by atoms with E-state index in [1.165, 1.54) is 12.1 Å². The summed E-state index contributed by atoms with van der Waals surface area (Å²) in [6.45, 7) is 1.16. The number of hydrogen-bond donors (Lipinski definition) is 0. The highest BCUT2D eigenvalue weighted by Gasteiger charge is 1.97. The molecular weight excluding hydrogens is 275 g/mol. The molecule has 0 aliphatic rings. The van der Waals surface area contributed by atoms with Gasteiger partial charge in [-0.2, -0.15) is 5.10 Å². The molecule has 0 atom stereocenters. The summed E-state index contributed by atoms with van der Waals surface area (Å²) < 4.78 is 20.7. The lowest BCUT2D eigenvalue weighted by Gasteiger charge is -2.05. The summed E-state index contributed by atoms with van der Waals surface area (Å²) >= 11 is 3.31. The highest BCUT2D eigenvalue weighted by molar-refractivity contribution is 9.10. The van der Waals surface area contributed by atoms with Crippen LogP contribution in [0.5, 0.6) is 5.75 Å². The van der Waals surface area contributed by atoms with Crippen LogP contribution in [0.15, 0.2) is 41.1 Å². The molecule has 84 valence electrons. The quantitative estimate of drug-likeness (QED) is 0.863. The molecule has 1 aromatic carbocycles. The second-order valence-corrected chi connectivity index (χ2v) is 4.14. The summed E-state index contributed by atoms with van der Waals surface area (Å²) in [5.41, 5.74) is 0. The number of hydrogen-bond acceptors (Lipinski definition) is 2. The molecule has 1 heterocycles. The maximum Gasteiger partial charge on any atom is 0.123 e. The van der Waals surface area contributed by atoms with Gasteiger partial charge >= 0.3 is 0 Å². The number of rotatable bonds is 4. The number of halogens is 2. The van der Waals surface area contributed by atoms with Gasteiger partial charge in [-0.1, -0.05) is 0 Å². The molecule has 0 bridgehead atoms. The Hall–Kier alpha value is -1.36. The monoisotopic (exact) mass is 284 g/mol. The zero-order chi connectivity index (χ0) is 11.4. The molecule has 2 aromatic rings. The van der Waals surface area contributed by atoms with E-state index in [9.17, 15) is 4.39 Å². The van der Waals surface area contributed by atoms with Gasteiger partial charge in [-0.15, -0.1) is 0 Å². The Morgan fingerprint density at radius 1 is 1.31 bits per heavy atom. The minimum atomic E-state index is -0.261. The summed E-state index contributed by atoms with van der Waals surface area (Å²) in [6, 6.07) is 5.96. The second-order valence-electron chi connectivity index (χ2n) is 3.22. The van der Waals surface area contributed by atoms with Crippen molar-refractivity contribution in [3.63, 3.8) is 0 Å². The van der Waals surface area contributed by atoms with Crippen molar-refractivity contribution in [2.24, 2.45) is 0 Å². The Balaban J connectivity index is 1.82. The first-order chi connectivity index (χ1) is 7.74. The first kappa shape index (κ1) is 11.1. The van der Waals surface area contributed by atoms with Crippen molar-refractivity contribution in [3.8, 4) is 5.75 Å². The zero-order valence-electron chi connectivity index (χ0n) is 8.44. The van der Waals surface area contributed by atoms with Crippen LogP contribution >= 0.6 is 15.9 Å². The third kappa shape index (κ3) is 3.06. The largest absolute Gasteiger partial charge is 0.492 e. The topological polar surface area (TPSA) is 27.1 Å². The maximum absolute atomic E-state index is 12.6. The van der Waals surface area contributed by atoms with E-state index in [4.69, 9.17) is 4.74 Å². The predicted octanol–water partition coefficient (Wildman–Crippen LogP) is 2.86. The van der Waals surface area contributed by atoms with E-state index < -0.39 is 0 Å². The van der Waals surface area contributed by atoms with Crippen molar-refractivity contribution < 1.29 is 9.13 Å². The Morgan fingerprint density at radius 2 is 2.06 bits per heavy atom. The molecule has 0 saturated carbocycles. The molecule has 0 fully saturated rings. The maximum atomic E-state index is 12.6. The van der Waals surface area contributed by atoms with Crippen LogP contribution < -0.4 is 4.74 Å². The molecule has 0 aliphatic heterocycles. The lowest BCUT2D eigenvalue weighted by atomic mass is 10.3. The van der Waals surface area contributed by atoms with Crippen LogP contribution in [-0.2, 0) is 6.54 Å². The van der Waals surface area contributed by atoms with Crippen LogP contribution in [0.3, 0.4) is 0 Å². The average Bonchev–Trinajstić information content (AvgIpc) is 2.67. The average molecular weight is 285 g/mol. The minimum absolute atomic E-state index is 0.261. The van der Waals surface area contributed by atoms with Crippen LogP contribution in [0.25, 0.3) is 0 Å². The van der Waals surface area contributed by atoms with E-state index in [2.05, 4.69) is 21.0 Å². The Bertz CT molecular complexity index is 455. The van der Waals surface area contributed by atoms with Crippen LogP contribution in [-0.4, -0.2) is 16.4 Å². The third-order valence-electron chi connectivity index (χ3n) is 2.00. The van der Waals surface area contributed by atoms with Gasteiger partial charge in [0.1, 0.15) is 18.2 Å². The number of nitrogens with zero attached hydrogens (tertiary/aromatic N) is 2. The highest BCUT2D eigenvalue weighted by Crippen LogP contribution is 2.11. The molecule has 0 amide bonds. The van der Waals surface area contributed by atoms with Gasteiger partial charge in [-0.3, -0.25) is 4.68 Å². The molecule has 2 rings (SSSR count). The van der Waals surface area contributed by atoms with Gasteiger partial charge < -0.3 is 4.74 Å². The molecule has 0 aliphatic carbocycles. The molecule has 0 N–H and O–H groups in total. The van der Waals surface area contributed by atoms with Gasteiger partial charge in [0.25, 0.3) is 0 Å². The SMILES string of the molecule is Fc1ccc(OCCn2cc(Br)cn2)cc1. The first-order valence-electron chi connectivity index (χ1n) is 4.80. The van der Waals surface area contributed by atoms with Crippen molar-refractivity contribution in [1.82, 2.24) is 9.78 Å². The molecule has 0 spiro atoms. The molecule has 0 radical (unpaired) electrons. The smallest absolute Gasteiger partial charge is 0.123 e. The van der Waals surface area contributed by atoms with E-state index in [-0.39, 0.29) is 5.82 Å². The number of aromatic nitrogens is 2. The second kappa shape index (κ2) is 5.12. The van der Waals surface area contributed by atoms with Gasteiger partial charge in [0.2, 0.25) is 0 Å². The number of ether oxygens (including phenoxy) is 1. The van der Waals surface area contributed by atoms with Crippen LogP contribution in [0.4, 0.5) is 4.39 Å². The fourth-order valence-corrected chi connectivity index (χ4v) is 1.58. The van der Waals surface area contributed by atoms with Crippen molar-refractivity contribution in [2.45, 2.75) is 6.54 Å². The summed E-state index contributed by atoms with van der Waals surface area (Å²) in [6.07, 6.45) is 3.59. The predicted molar refractivity (Wildman–Crippen MR) is 61.8 cm³/mol. The molecule has 0 unspecified atom stereocenters. The first-order valence-corrected chi connectivity index (χ1v) is 5.60. The fraction of sp³-hybridized carbons (Fsp3) is 0.182. The minimum Gasteiger partial charge on any atom is -0.492 e. The summed E-state index contributed by atoms with van der Waals surface area (Å²) in [4.78, 5) is 0. The van der Waals surface area contributed by atoms with Gasteiger partial charge in [0.05, 0.1) is 17.2 Å². The summed E-state index contributed by atoms with van der Waals surface area (Å²) in [5, 5.41) is 4.09. The Morgan fingerprint density at radius 3 is 2.69 bits per heavy atom. The van der Waals surface area contributed by atoms with Crippen LogP contribution in [0.2, 0.25) is 0 Å². The number of benzene rings is 1. The van der Waals surface area contributed by atoms with E-state index in [1.54, 1.807) is 23.0 Å². The van der Waals surface area contributed by atoms with Gasteiger partial charge in [0.15, 0.2) is 0 Å². The summed E-state index contributed by atoms with van der Waals surface area (Å²) in [5.74, 6) is 0.399. The standard InChI is InChI=1S/C11H10BrFN2O/c12-9-7-14-15(8-9)5-6-16-11-3-1-10(13)2-4-11/h1-4,7-8H,5-6H2. The van der Waals surface area contributed by atoms with Crippen molar-refractivity contribution in [2.75, 3.05) is 6.61 Å². The molecular formula is C11H10BrFN2O. The normalized spacial score (nSPS) is 10.4. The zero-order valence-corrected chi connectivity index (χ0v) is 10.0. The van der Waals surface area contributed by atoms with Crippen molar-refractivity contribution in [3.05, 3.63) is 46.9 Å². The molecule has 1 aromatic heterocycles. The van der Waals surface area contributed by atoms with Crippen LogP contribution in [0, 0.1) is 5.82 Å². The Kier molecular flexibility index (Phi) is 3.56. The lowest BCUT2D eigenvalue weighted by molar-refractivity contribution is 0.291. The highest BCUT2D eigenvalue weighted by atomic mass is 79.9. The fourth-order valence-electron chi connectivity index (χ4n) is 1.25. The van der Waals surface area contributed by atoms with Crippen molar-refractivity contribution in [1.29, 1.82) is 0 Å². The van der Waals surface area contributed by atoms with E-state index in [1.807, 2.05) is 6.20 Å². The van der Waals surface area contributed by atoms with Crippen molar-refractivity contribution >= 4 is 15.9 Å². The van der Waals surface area contributed by atoms with Gasteiger partial charge in [-0.25, -0.2) is 4.39 Å².